The van der Waals surface area contributed by atoms with Crippen molar-refractivity contribution in [3.8, 4) is 0 Å². The first-order chi connectivity index (χ1) is 11.5. The Morgan fingerprint density at radius 3 is 2.83 bits per heavy atom. The summed E-state index contributed by atoms with van der Waals surface area (Å²) in [6.45, 7) is 15.0. The predicted molar refractivity (Wildman–Crippen MR) is 104 cm³/mol. The molecule has 0 amide bonds. The number of aliphatic imine (C=N–C) groups is 1. The van der Waals surface area contributed by atoms with E-state index >= 15 is 0 Å². The molecule has 0 spiro atoms. The normalized spacial score (nSPS) is 22.3. The van der Waals surface area contributed by atoms with Crippen molar-refractivity contribution in [1.29, 1.82) is 0 Å². The van der Waals surface area contributed by atoms with Gasteiger partial charge in [-0.1, -0.05) is 6.92 Å². The third-order valence-electron chi connectivity index (χ3n) is 4.52. The summed E-state index contributed by atoms with van der Waals surface area (Å²) in [7, 11) is 0. The zero-order valence-electron chi connectivity index (χ0n) is 15.8. The lowest BCUT2D eigenvalue weighted by atomic mass is 10.1. The molecule has 0 radical (unpaired) electrons. The second-order valence-electron chi connectivity index (χ2n) is 7.02. The van der Waals surface area contributed by atoms with Gasteiger partial charge in [0.15, 0.2) is 5.96 Å². The number of hydrogen-bond acceptors (Lipinski definition) is 4. The minimum atomic E-state index is 0.479. The van der Waals surface area contributed by atoms with Gasteiger partial charge in [-0.3, -0.25) is 9.89 Å². The summed E-state index contributed by atoms with van der Waals surface area (Å²) in [4.78, 5) is 11.8. The van der Waals surface area contributed by atoms with E-state index in [9.17, 15) is 0 Å². The van der Waals surface area contributed by atoms with Crippen LogP contribution in [0.1, 0.15) is 44.8 Å². The third kappa shape index (κ3) is 5.74. The maximum absolute atomic E-state index is 4.76. The number of hydrogen-bond donors (Lipinski definition) is 2. The van der Waals surface area contributed by atoms with Crippen LogP contribution in [0.4, 0.5) is 0 Å². The van der Waals surface area contributed by atoms with Gasteiger partial charge in [-0.2, -0.15) is 0 Å². The molecule has 24 heavy (non-hydrogen) atoms. The molecule has 5 nitrogen and oxygen atoms in total. The first kappa shape index (κ1) is 19.2. The Labute approximate surface area is 151 Å². The SMILES string of the molecule is CCNC(=NCCCc1nc(C)cs1)NC1CN(C(C)C)CC1C. The van der Waals surface area contributed by atoms with E-state index in [-0.39, 0.29) is 0 Å². The molecular formula is C18H33N5S. The summed E-state index contributed by atoms with van der Waals surface area (Å²) < 4.78 is 0. The van der Waals surface area contributed by atoms with E-state index in [1.165, 1.54) is 5.01 Å². The van der Waals surface area contributed by atoms with Crippen molar-refractivity contribution < 1.29 is 0 Å². The van der Waals surface area contributed by atoms with Gasteiger partial charge in [0.2, 0.25) is 0 Å². The number of aromatic nitrogens is 1. The number of thiazole rings is 1. The number of guanidine groups is 1. The Kier molecular flexibility index (Phi) is 7.49. The molecule has 2 unspecified atom stereocenters. The van der Waals surface area contributed by atoms with E-state index < -0.39 is 0 Å². The monoisotopic (exact) mass is 351 g/mol. The van der Waals surface area contributed by atoms with Gasteiger partial charge in [0.1, 0.15) is 0 Å². The molecule has 1 aliphatic rings. The summed E-state index contributed by atoms with van der Waals surface area (Å²) >= 11 is 1.75. The third-order valence-corrected chi connectivity index (χ3v) is 5.55. The lowest BCUT2D eigenvalue weighted by molar-refractivity contribution is 0.265. The number of nitrogens with zero attached hydrogens (tertiary/aromatic N) is 3. The molecular weight excluding hydrogens is 318 g/mol. The average molecular weight is 352 g/mol. The fourth-order valence-corrected chi connectivity index (χ4v) is 3.87. The molecule has 136 valence electrons. The van der Waals surface area contributed by atoms with Crippen LogP contribution in [0.2, 0.25) is 0 Å². The van der Waals surface area contributed by atoms with Crippen LogP contribution in [0, 0.1) is 12.8 Å². The van der Waals surface area contributed by atoms with E-state index in [0.29, 0.717) is 18.0 Å². The van der Waals surface area contributed by atoms with Gasteiger partial charge >= 0.3 is 0 Å². The molecule has 2 atom stereocenters. The van der Waals surface area contributed by atoms with Gasteiger partial charge < -0.3 is 10.6 Å². The molecule has 2 rings (SSSR count). The lowest BCUT2D eigenvalue weighted by Crippen LogP contribution is -2.46. The van der Waals surface area contributed by atoms with Crippen molar-refractivity contribution in [2.24, 2.45) is 10.9 Å². The molecule has 2 N–H and O–H groups in total. The number of nitrogens with one attached hydrogen (secondary N) is 2. The Morgan fingerprint density at radius 1 is 1.46 bits per heavy atom. The van der Waals surface area contributed by atoms with Gasteiger partial charge in [-0.15, -0.1) is 11.3 Å². The van der Waals surface area contributed by atoms with E-state index in [2.05, 4.69) is 60.5 Å². The highest BCUT2D eigenvalue weighted by Crippen LogP contribution is 2.18. The van der Waals surface area contributed by atoms with E-state index in [0.717, 1.165) is 50.7 Å². The predicted octanol–water partition coefficient (Wildman–Crippen LogP) is 2.67. The highest BCUT2D eigenvalue weighted by Gasteiger charge is 2.31. The van der Waals surface area contributed by atoms with E-state index in [1.54, 1.807) is 11.3 Å². The zero-order chi connectivity index (χ0) is 17.5. The van der Waals surface area contributed by atoms with Crippen LogP contribution in [-0.2, 0) is 6.42 Å². The molecule has 1 saturated heterocycles. The average Bonchev–Trinajstić information content (AvgIpc) is 3.10. The van der Waals surface area contributed by atoms with Crippen molar-refractivity contribution in [1.82, 2.24) is 20.5 Å². The van der Waals surface area contributed by atoms with Crippen LogP contribution in [0.25, 0.3) is 0 Å². The van der Waals surface area contributed by atoms with Gasteiger partial charge in [0.05, 0.1) is 5.01 Å². The molecule has 1 aromatic rings. The number of aryl methyl sites for hydroxylation is 2. The van der Waals surface area contributed by atoms with Crippen LogP contribution < -0.4 is 10.6 Å². The smallest absolute Gasteiger partial charge is 0.191 e. The maximum Gasteiger partial charge on any atom is 0.191 e. The highest BCUT2D eigenvalue weighted by atomic mass is 32.1. The van der Waals surface area contributed by atoms with Gasteiger partial charge in [-0.05, 0) is 40.0 Å². The molecule has 1 aromatic heterocycles. The van der Waals surface area contributed by atoms with Crippen molar-refractivity contribution >= 4 is 17.3 Å². The fourth-order valence-electron chi connectivity index (χ4n) is 3.05. The first-order valence-corrected chi connectivity index (χ1v) is 10.1. The molecule has 0 bridgehead atoms. The van der Waals surface area contributed by atoms with Gasteiger partial charge in [0.25, 0.3) is 0 Å². The highest BCUT2D eigenvalue weighted by molar-refractivity contribution is 7.09. The standard InChI is InChI=1S/C18H33N5S/c1-6-19-18(20-9-7-8-17-21-15(5)12-24-17)22-16-11-23(13(2)3)10-14(16)4/h12-14,16H,6-11H2,1-5H3,(H2,19,20,22). The largest absolute Gasteiger partial charge is 0.357 e. The molecule has 1 fully saturated rings. The van der Waals surface area contributed by atoms with Crippen LogP contribution in [0.15, 0.2) is 10.4 Å². The molecule has 2 heterocycles. The second kappa shape index (κ2) is 9.37. The van der Waals surface area contributed by atoms with Crippen molar-refractivity contribution in [3.05, 3.63) is 16.1 Å². The van der Waals surface area contributed by atoms with Crippen molar-refractivity contribution in [2.75, 3.05) is 26.2 Å². The Hall–Kier alpha value is -1.14. The Bertz CT molecular complexity index is 525. The molecule has 6 heteroatoms. The lowest BCUT2D eigenvalue weighted by Gasteiger charge is -2.21. The van der Waals surface area contributed by atoms with Crippen LogP contribution in [-0.4, -0.2) is 54.1 Å². The van der Waals surface area contributed by atoms with Gasteiger partial charge in [-0.25, -0.2) is 4.98 Å². The molecule has 0 aromatic carbocycles. The van der Waals surface area contributed by atoms with Crippen LogP contribution in [0.5, 0.6) is 0 Å². The topological polar surface area (TPSA) is 52.6 Å². The summed E-state index contributed by atoms with van der Waals surface area (Å²) in [5.41, 5.74) is 1.12. The fraction of sp³-hybridized carbons (Fsp3) is 0.778. The van der Waals surface area contributed by atoms with E-state index in [1.807, 2.05) is 0 Å². The van der Waals surface area contributed by atoms with E-state index in [4.69, 9.17) is 4.99 Å². The summed E-state index contributed by atoms with van der Waals surface area (Å²) in [5.74, 6) is 1.60. The number of likely N-dealkylation sites (tertiary alicyclic amines) is 1. The zero-order valence-corrected chi connectivity index (χ0v) is 16.6. The van der Waals surface area contributed by atoms with Gasteiger partial charge in [0, 0.05) is 55.8 Å². The van der Waals surface area contributed by atoms with Crippen molar-refractivity contribution in [2.45, 2.75) is 59.5 Å². The summed E-state index contributed by atoms with van der Waals surface area (Å²) in [6, 6.07) is 1.09. The quantitative estimate of drug-likeness (QED) is 0.450. The van der Waals surface area contributed by atoms with Crippen LogP contribution >= 0.6 is 11.3 Å². The second-order valence-corrected chi connectivity index (χ2v) is 7.97. The Morgan fingerprint density at radius 2 is 2.25 bits per heavy atom. The first-order valence-electron chi connectivity index (χ1n) is 9.19. The summed E-state index contributed by atoms with van der Waals surface area (Å²) in [5, 5.41) is 10.4. The molecule has 0 saturated carbocycles. The summed E-state index contributed by atoms with van der Waals surface area (Å²) in [6.07, 6.45) is 2.06. The number of rotatable bonds is 7. The molecule has 1 aliphatic heterocycles. The van der Waals surface area contributed by atoms with Crippen LogP contribution in [0.3, 0.4) is 0 Å². The molecule has 0 aliphatic carbocycles. The van der Waals surface area contributed by atoms with Crippen molar-refractivity contribution in [3.63, 3.8) is 0 Å². The minimum Gasteiger partial charge on any atom is -0.357 e. The maximum atomic E-state index is 4.76. The Balaban J connectivity index is 1.82. The minimum absolute atomic E-state index is 0.479.